The Labute approximate surface area is 130 Å². The average Bonchev–Trinajstić information content (AvgIpc) is 3.12. The van der Waals surface area contributed by atoms with Gasteiger partial charge in [0.2, 0.25) is 5.82 Å². The lowest BCUT2D eigenvalue weighted by Crippen LogP contribution is -2.26. The first kappa shape index (κ1) is 14.5. The van der Waals surface area contributed by atoms with Crippen molar-refractivity contribution in [1.29, 1.82) is 0 Å². The van der Waals surface area contributed by atoms with E-state index in [0.717, 1.165) is 5.76 Å². The van der Waals surface area contributed by atoms with E-state index in [1.54, 1.807) is 17.8 Å². The summed E-state index contributed by atoms with van der Waals surface area (Å²) in [5, 5.41) is 16.1. The Hall–Kier alpha value is -2.39. The highest BCUT2D eigenvalue weighted by Gasteiger charge is 2.25. The van der Waals surface area contributed by atoms with E-state index in [1.807, 2.05) is 31.1 Å². The number of nitrogens with zero attached hydrogens (tertiary/aromatic N) is 4. The minimum absolute atomic E-state index is 0.0469. The molecular weight excluding hydrogens is 306 g/mol. The van der Waals surface area contributed by atoms with Gasteiger partial charge in [-0.25, -0.2) is 0 Å². The van der Waals surface area contributed by atoms with Gasteiger partial charge >= 0.3 is 5.82 Å². The molecule has 116 valence electrons. The molecule has 3 aromatic heterocycles. The van der Waals surface area contributed by atoms with Crippen LogP contribution < -0.4 is 5.32 Å². The molecule has 0 spiro atoms. The van der Waals surface area contributed by atoms with E-state index in [9.17, 15) is 10.1 Å². The molecule has 0 aliphatic carbocycles. The summed E-state index contributed by atoms with van der Waals surface area (Å²) in [7, 11) is 3.85. The van der Waals surface area contributed by atoms with Crippen molar-refractivity contribution in [3.05, 3.63) is 45.8 Å². The number of furan rings is 1. The van der Waals surface area contributed by atoms with Gasteiger partial charge in [0.1, 0.15) is 12.0 Å². The first-order valence-corrected chi connectivity index (χ1v) is 7.49. The summed E-state index contributed by atoms with van der Waals surface area (Å²) in [4.78, 5) is 17.7. The second-order valence-corrected chi connectivity index (χ2v) is 5.85. The molecule has 1 unspecified atom stereocenters. The molecule has 0 radical (unpaired) electrons. The van der Waals surface area contributed by atoms with Crippen LogP contribution >= 0.6 is 11.3 Å². The van der Waals surface area contributed by atoms with E-state index in [4.69, 9.17) is 4.42 Å². The number of nitro groups is 1. The molecule has 3 aromatic rings. The van der Waals surface area contributed by atoms with Crippen molar-refractivity contribution in [2.45, 2.75) is 6.04 Å². The van der Waals surface area contributed by atoms with Crippen LogP contribution in [0.3, 0.4) is 0 Å². The van der Waals surface area contributed by atoms with E-state index in [1.165, 1.54) is 15.7 Å². The van der Waals surface area contributed by atoms with Crippen molar-refractivity contribution in [3.8, 4) is 0 Å². The third kappa shape index (κ3) is 2.55. The Bertz CT molecular complexity index is 777. The quantitative estimate of drug-likeness (QED) is 0.554. The number of imidazole rings is 1. The van der Waals surface area contributed by atoms with Crippen LogP contribution in [0.1, 0.15) is 11.8 Å². The fourth-order valence-electron chi connectivity index (χ4n) is 2.28. The maximum atomic E-state index is 11.3. The lowest BCUT2D eigenvalue weighted by atomic mass is 10.2. The van der Waals surface area contributed by atoms with E-state index < -0.39 is 4.92 Å². The normalized spacial score (nSPS) is 12.9. The summed E-state index contributed by atoms with van der Waals surface area (Å²) in [6.45, 7) is 0.451. The summed E-state index contributed by atoms with van der Waals surface area (Å²) in [5.41, 5.74) is 0. The van der Waals surface area contributed by atoms with Gasteiger partial charge in [-0.1, -0.05) is 11.3 Å². The van der Waals surface area contributed by atoms with Gasteiger partial charge in [-0.2, -0.15) is 9.38 Å². The number of thiazole rings is 1. The molecule has 3 heterocycles. The average molecular weight is 321 g/mol. The summed E-state index contributed by atoms with van der Waals surface area (Å²) in [5.74, 6) is 1.02. The maximum Gasteiger partial charge on any atom is 0.372 e. The smallest absolute Gasteiger partial charge is 0.372 e. The molecule has 0 saturated heterocycles. The van der Waals surface area contributed by atoms with Gasteiger partial charge in [-0.15, -0.1) is 0 Å². The summed E-state index contributed by atoms with van der Waals surface area (Å²) in [6.07, 6.45) is 3.26. The largest absolute Gasteiger partial charge is 0.468 e. The maximum absolute atomic E-state index is 11.3. The van der Waals surface area contributed by atoms with Gasteiger partial charge in [0.25, 0.3) is 4.96 Å². The molecular formula is C13H15N5O3S. The Morgan fingerprint density at radius 3 is 3.05 bits per heavy atom. The number of anilines is 1. The molecule has 0 aliphatic rings. The van der Waals surface area contributed by atoms with Crippen LogP contribution in [0.15, 0.2) is 34.4 Å². The predicted molar refractivity (Wildman–Crippen MR) is 83.3 cm³/mol. The number of rotatable bonds is 6. The highest BCUT2D eigenvalue weighted by molar-refractivity contribution is 7.15. The zero-order valence-corrected chi connectivity index (χ0v) is 12.9. The van der Waals surface area contributed by atoms with Crippen LogP contribution in [0.4, 0.5) is 11.6 Å². The Kier molecular flexibility index (Phi) is 3.82. The van der Waals surface area contributed by atoms with Gasteiger partial charge in [-0.3, -0.25) is 4.90 Å². The number of aromatic nitrogens is 2. The van der Waals surface area contributed by atoms with Gasteiger partial charge in [0.05, 0.1) is 12.3 Å². The predicted octanol–water partition coefficient (Wildman–Crippen LogP) is 2.61. The Balaban J connectivity index is 1.85. The number of likely N-dealkylation sites (N-methyl/N-ethyl adjacent to an activating group) is 1. The fraction of sp³-hybridized carbons (Fsp3) is 0.308. The van der Waals surface area contributed by atoms with Crippen molar-refractivity contribution < 1.29 is 9.34 Å². The van der Waals surface area contributed by atoms with Crippen LogP contribution in [0.5, 0.6) is 0 Å². The Morgan fingerprint density at radius 1 is 1.59 bits per heavy atom. The third-order valence-electron chi connectivity index (χ3n) is 3.37. The molecule has 3 rings (SSSR count). The molecule has 0 fully saturated rings. The van der Waals surface area contributed by atoms with Crippen LogP contribution in [0.25, 0.3) is 4.96 Å². The monoisotopic (exact) mass is 321 g/mol. The lowest BCUT2D eigenvalue weighted by Gasteiger charge is -2.22. The van der Waals surface area contributed by atoms with E-state index >= 15 is 0 Å². The van der Waals surface area contributed by atoms with Gasteiger partial charge < -0.3 is 19.8 Å². The molecule has 0 aromatic carbocycles. The fourth-order valence-corrected chi connectivity index (χ4v) is 2.99. The minimum atomic E-state index is -0.424. The first-order valence-electron chi connectivity index (χ1n) is 6.61. The van der Waals surface area contributed by atoms with Crippen LogP contribution in [0.2, 0.25) is 0 Å². The molecule has 0 amide bonds. The zero-order valence-electron chi connectivity index (χ0n) is 12.1. The summed E-state index contributed by atoms with van der Waals surface area (Å²) >= 11 is 1.36. The molecule has 22 heavy (non-hydrogen) atoms. The standard InChI is InChI=1S/C13H15N5O3S/c1-16(2)9(10-4-3-6-21-10)8-14-11-12(18(19)20)17-5-7-22-13(17)15-11/h3-7,9,14H,8H2,1-2H3. The highest BCUT2D eigenvalue weighted by Crippen LogP contribution is 2.29. The van der Waals surface area contributed by atoms with Crippen LogP contribution in [-0.2, 0) is 0 Å². The summed E-state index contributed by atoms with van der Waals surface area (Å²) < 4.78 is 6.90. The zero-order chi connectivity index (χ0) is 15.7. The first-order chi connectivity index (χ1) is 10.6. The van der Waals surface area contributed by atoms with E-state index in [2.05, 4.69) is 10.3 Å². The van der Waals surface area contributed by atoms with E-state index in [0.29, 0.717) is 11.5 Å². The van der Waals surface area contributed by atoms with Crippen molar-refractivity contribution in [2.75, 3.05) is 26.0 Å². The number of hydrogen-bond donors (Lipinski definition) is 1. The molecule has 9 heteroatoms. The number of hydrogen-bond acceptors (Lipinski definition) is 7. The van der Waals surface area contributed by atoms with Gasteiger partial charge in [0, 0.05) is 11.9 Å². The van der Waals surface area contributed by atoms with Crippen LogP contribution in [0, 0.1) is 10.1 Å². The topological polar surface area (TPSA) is 88.8 Å². The molecule has 0 saturated carbocycles. The second-order valence-electron chi connectivity index (χ2n) is 4.97. The van der Waals surface area contributed by atoms with Crippen molar-refractivity contribution in [2.24, 2.45) is 0 Å². The molecule has 0 aliphatic heterocycles. The van der Waals surface area contributed by atoms with Crippen molar-refractivity contribution in [1.82, 2.24) is 14.3 Å². The van der Waals surface area contributed by atoms with Crippen molar-refractivity contribution in [3.63, 3.8) is 0 Å². The highest BCUT2D eigenvalue weighted by atomic mass is 32.1. The minimum Gasteiger partial charge on any atom is -0.468 e. The van der Waals surface area contributed by atoms with E-state index in [-0.39, 0.29) is 17.7 Å². The molecule has 0 bridgehead atoms. The Morgan fingerprint density at radius 2 is 2.41 bits per heavy atom. The van der Waals surface area contributed by atoms with Gasteiger partial charge in [0.15, 0.2) is 0 Å². The third-order valence-corrected chi connectivity index (χ3v) is 4.12. The molecule has 1 N–H and O–H groups in total. The van der Waals surface area contributed by atoms with Crippen molar-refractivity contribution >= 4 is 27.9 Å². The SMILES string of the molecule is CN(C)C(CNc1nc2sccn2c1[N+](=O)[O-])c1ccco1. The second kappa shape index (κ2) is 5.78. The molecule has 1 atom stereocenters. The molecule has 8 nitrogen and oxygen atoms in total. The van der Waals surface area contributed by atoms with Gasteiger partial charge in [-0.05, 0) is 31.2 Å². The summed E-state index contributed by atoms with van der Waals surface area (Å²) in [6, 6.07) is 3.65. The number of nitrogens with one attached hydrogen (secondary N) is 1. The number of fused-ring (bicyclic) bond motifs is 1. The lowest BCUT2D eigenvalue weighted by molar-refractivity contribution is -0.389. The van der Waals surface area contributed by atoms with Crippen LogP contribution in [-0.4, -0.2) is 39.8 Å².